The Kier molecular flexibility index (Phi) is 6.21. The van der Waals surface area contributed by atoms with Gasteiger partial charge in [0.2, 0.25) is 0 Å². The van der Waals surface area contributed by atoms with E-state index in [0.29, 0.717) is 5.56 Å². The fourth-order valence-electron chi connectivity index (χ4n) is 2.15. The monoisotopic (exact) mass is 292 g/mol. The van der Waals surface area contributed by atoms with E-state index in [-0.39, 0.29) is 11.8 Å². The molecular formula is C16H24N2O3. The number of carboxylic acids is 1. The number of hydrogen-bond donors (Lipinski definition) is 2. The third-order valence-corrected chi connectivity index (χ3v) is 3.48. The van der Waals surface area contributed by atoms with E-state index in [9.17, 15) is 9.59 Å². The van der Waals surface area contributed by atoms with Gasteiger partial charge in [-0.1, -0.05) is 13.8 Å². The highest BCUT2D eigenvalue weighted by atomic mass is 16.4. The van der Waals surface area contributed by atoms with Crippen molar-refractivity contribution in [2.45, 2.75) is 33.7 Å². The van der Waals surface area contributed by atoms with Gasteiger partial charge < -0.3 is 15.3 Å². The van der Waals surface area contributed by atoms with Gasteiger partial charge in [0.1, 0.15) is 6.04 Å². The minimum atomic E-state index is -1.02. The van der Waals surface area contributed by atoms with Crippen LogP contribution < -0.4 is 10.2 Å². The molecule has 0 saturated carbocycles. The van der Waals surface area contributed by atoms with Crippen LogP contribution in [0, 0.1) is 5.92 Å². The lowest BCUT2D eigenvalue weighted by Gasteiger charge is -2.21. The topological polar surface area (TPSA) is 69.6 Å². The molecule has 1 rings (SSSR count). The van der Waals surface area contributed by atoms with Crippen molar-refractivity contribution in [3.8, 4) is 0 Å². The van der Waals surface area contributed by atoms with E-state index in [1.165, 1.54) is 0 Å². The lowest BCUT2D eigenvalue weighted by molar-refractivity contribution is -0.140. The highest BCUT2D eigenvalue weighted by Gasteiger charge is 2.23. The van der Waals surface area contributed by atoms with E-state index in [4.69, 9.17) is 5.11 Å². The maximum Gasteiger partial charge on any atom is 0.326 e. The highest BCUT2D eigenvalue weighted by Crippen LogP contribution is 2.15. The lowest BCUT2D eigenvalue weighted by atomic mass is 10.0. The fourth-order valence-corrected chi connectivity index (χ4v) is 2.15. The number of amides is 1. The predicted octanol–water partition coefficient (Wildman–Crippen LogP) is 2.37. The third-order valence-electron chi connectivity index (χ3n) is 3.48. The van der Waals surface area contributed by atoms with E-state index in [1.54, 1.807) is 26.0 Å². The molecule has 0 unspecified atom stereocenters. The number of nitrogens with zero attached hydrogens (tertiary/aromatic N) is 1. The Hall–Kier alpha value is -2.04. The molecule has 116 valence electrons. The van der Waals surface area contributed by atoms with Gasteiger partial charge in [-0.2, -0.15) is 0 Å². The Morgan fingerprint density at radius 3 is 2.05 bits per heavy atom. The molecule has 0 aliphatic heterocycles. The number of aliphatic carboxylic acids is 1. The molecule has 5 heteroatoms. The molecule has 0 radical (unpaired) electrons. The van der Waals surface area contributed by atoms with E-state index in [1.807, 2.05) is 12.1 Å². The second-order valence-corrected chi connectivity index (χ2v) is 5.25. The first-order valence-electron chi connectivity index (χ1n) is 7.29. The van der Waals surface area contributed by atoms with Crippen LogP contribution in [0.1, 0.15) is 38.1 Å². The molecule has 5 nitrogen and oxygen atoms in total. The summed E-state index contributed by atoms with van der Waals surface area (Å²) in [5.41, 5.74) is 1.52. The lowest BCUT2D eigenvalue weighted by Crippen LogP contribution is -2.44. The standard InChI is InChI=1S/C16H24N2O3/c1-5-18(6-2)13-9-7-12(8-10-13)15(19)17-14(11(3)4)16(20)21/h7-11,14H,5-6H2,1-4H3,(H,17,19)(H,20,21)/t14-/m0/s1. The third kappa shape index (κ3) is 4.48. The van der Waals surface area contributed by atoms with Gasteiger partial charge in [-0.05, 0) is 44.0 Å². The summed E-state index contributed by atoms with van der Waals surface area (Å²) in [6, 6.07) is 6.34. The molecule has 0 aromatic heterocycles. The van der Waals surface area contributed by atoms with Crippen molar-refractivity contribution in [2.24, 2.45) is 5.92 Å². The van der Waals surface area contributed by atoms with Crippen LogP contribution in [0.25, 0.3) is 0 Å². The molecule has 1 aromatic rings. The second kappa shape index (κ2) is 7.67. The number of carbonyl (C=O) groups excluding carboxylic acids is 1. The molecular weight excluding hydrogens is 268 g/mol. The average Bonchev–Trinajstić information content (AvgIpc) is 2.45. The first-order chi connectivity index (χ1) is 9.90. The number of hydrogen-bond acceptors (Lipinski definition) is 3. The van der Waals surface area contributed by atoms with Crippen LogP contribution in [0.3, 0.4) is 0 Å². The summed E-state index contributed by atoms with van der Waals surface area (Å²) >= 11 is 0. The number of nitrogens with one attached hydrogen (secondary N) is 1. The predicted molar refractivity (Wildman–Crippen MR) is 83.7 cm³/mol. The zero-order chi connectivity index (χ0) is 16.0. The molecule has 1 atom stereocenters. The quantitative estimate of drug-likeness (QED) is 0.809. The molecule has 0 saturated heterocycles. The maximum absolute atomic E-state index is 12.1. The van der Waals surface area contributed by atoms with Gasteiger partial charge in [-0.15, -0.1) is 0 Å². The summed E-state index contributed by atoms with van der Waals surface area (Å²) < 4.78 is 0. The number of anilines is 1. The van der Waals surface area contributed by atoms with Crippen molar-refractivity contribution in [3.05, 3.63) is 29.8 Å². The number of rotatable bonds is 7. The number of benzene rings is 1. The molecule has 21 heavy (non-hydrogen) atoms. The van der Waals surface area contributed by atoms with Gasteiger partial charge in [-0.3, -0.25) is 4.79 Å². The van der Waals surface area contributed by atoms with Gasteiger partial charge in [0.15, 0.2) is 0 Å². The first-order valence-corrected chi connectivity index (χ1v) is 7.29. The van der Waals surface area contributed by atoms with Crippen LogP contribution in [0.15, 0.2) is 24.3 Å². The molecule has 0 fully saturated rings. The van der Waals surface area contributed by atoms with Crippen LogP contribution in [-0.2, 0) is 4.79 Å². The van der Waals surface area contributed by atoms with Crippen molar-refractivity contribution in [1.29, 1.82) is 0 Å². The summed E-state index contributed by atoms with van der Waals surface area (Å²) in [6.45, 7) is 9.48. The zero-order valence-electron chi connectivity index (χ0n) is 13.1. The van der Waals surface area contributed by atoms with Crippen molar-refractivity contribution in [1.82, 2.24) is 5.32 Å². The molecule has 0 aliphatic carbocycles. The Morgan fingerprint density at radius 2 is 1.67 bits per heavy atom. The normalized spacial score (nSPS) is 12.0. The first kappa shape index (κ1) is 17.0. The van der Waals surface area contributed by atoms with Gasteiger partial charge >= 0.3 is 5.97 Å². The Balaban J connectivity index is 2.82. The molecule has 1 aromatic carbocycles. The summed E-state index contributed by atoms with van der Waals surface area (Å²) in [5.74, 6) is -1.54. The smallest absolute Gasteiger partial charge is 0.326 e. The minimum absolute atomic E-state index is 0.165. The van der Waals surface area contributed by atoms with E-state index in [2.05, 4.69) is 24.1 Å². The van der Waals surface area contributed by atoms with Gasteiger partial charge in [0, 0.05) is 24.3 Å². The Bertz CT molecular complexity index is 479. The van der Waals surface area contributed by atoms with Gasteiger partial charge in [-0.25, -0.2) is 4.79 Å². The number of carbonyl (C=O) groups is 2. The zero-order valence-corrected chi connectivity index (χ0v) is 13.1. The van der Waals surface area contributed by atoms with Gasteiger partial charge in [0.25, 0.3) is 5.91 Å². The van der Waals surface area contributed by atoms with E-state index >= 15 is 0 Å². The summed E-state index contributed by atoms with van der Waals surface area (Å²) in [4.78, 5) is 25.4. The summed E-state index contributed by atoms with van der Waals surface area (Å²) in [6.07, 6.45) is 0. The SMILES string of the molecule is CCN(CC)c1ccc(C(=O)N[C@H](C(=O)O)C(C)C)cc1. The van der Waals surface area contributed by atoms with Crippen LogP contribution in [0.4, 0.5) is 5.69 Å². The van der Waals surface area contributed by atoms with Crippen molar-refractivity contribution in [3.63, 3.8) is 0 Å². The highest BCUT2D eigenvalue weighted by molar-refractivity contribution is 5.96. The molecule has 0 heterocycles. The van der Waals surface area contributed by atoms with Crippen LogP contribution in [0.2, 0.25) is 0 Å². The molecule has 2 N–H and O–H groups in total. The molecule has 0 aliphatic rings. The van der Waals surface area contributed by atoms with Crippen LogP contribution in [0.5, 0.6) is 0 Å². The van der Waals surface area contributed by atoms with Crippen LogP contribution in [-0.4, -0.2) is 36.1 Å². The summed E-state index contributed by atoms with van der Waals surface area (Å²) in [5, 5.41) is 11.7. The largest absolute Gasteiger partial charge is 0.480 e. The Labute approximate surface area is 126 Å². The number of carboxylic acid groups (broad SMARTS) is 1. The van der Waals surface area contributed by atoms with Crippen molar-refractivity contribution in [2.75, 3.05) is 18.0 Å². The molecule has 0 bridgehead atoms. The second-order valence-electron chi connectivity index (χ2n) is 5.25. The van der Waals surface area contributed by atoms with Crippen LogP contribution >= 0.6 is 0 Å². The van der Waals surface area contributed by atoms with E-state index < -0.39 is 12.0 Å². The van der Waals surface area contributed by atoms with E-state index in [0.717, 1.165) is 18.8 Å². The summed E-state index contributed by atoms with van der Waals surface area (Å²) in [7, 11) is 0. The van der Waals surface area contributed by atoms with Gasteiger partial charge in [0.05, 0.1) is 0 Å². The Morgan fingerprint density at radius 1 is 1.14 bits per heavy atom. The average molecular weight is 292 g/mol. The maximum atomic E-state index is 12.1. The fraction of sp³-hybridized carbons (Fsp3) is 0.500. The van der Waals surface area contributed by atoms with Crippen molar-refractivity contribution < 1.29 is 14.7 Å². The molecule has 0 spiro atoms. The minimum Gasteiger partial charge on any atom is -0.480 e. The molecule has 1 amide bonds. The van der Waals surface area contributed by atoms with Crippen molar-refractivity contribution >= 4 is 17.6 Å².